The summed E-state index contributed by atoms with van der Waals surface area (Å²) in [4.78, 5) is 3.98. The fourth-order valence-corrected chi connectivity index (χ4v) is 1.72. The van der Waals surface area contributed by atoms with Gasteiger partial charge < -0.3 is 5.73 Å². The van der Waals surface area contributed by atoms with E-state index in [0.717, 1.165) is 12.0 Å². The fourth-order valence-electron chi connectivity index (χ4n) is 1.20. The predicted molar refractivity (Wildman–Crippen MR) is 61.7 cm³/mol. The van der Waals surface area contributed by atoms with Crippen LogP contribution in [0.5, 0.6) is 0 Å². The maximum atomic E-state index is 6.26. The number of nitrogen functional groups attached to an aromatic ring is 1. The number of nitrogens with zero attached hydrogens (tertiary/aromatic N) is 1. The van der Waals surface area contributed by atoms with E-state index in [0.29, 0.717) is 16.8 Å². The van der Waals surface area contributed by atoms with Crippen LogP contribution in [-0.2, 0) is 0 Å². The molecule has 2 N–H and O–H groups in total. The van der Waals surface area contributed by atoms with Crippen molar-refractivity contribution in [1.82, 2.24) is 4.98 Å². The molecular weight excluding hydrogens is 219 g/mol. The van der Waals surface area contributed by atoms with Crippen molar-refractivity contribution < 1.29 is 0 Å². The molecule has 0 aromatic carbocycles. The summed E-state index contributed by atoms with van der Waals surface area (Å²) >= 11 is 12.1. The Hall–Kier alpha value is -0.470. The van der Waals surface area contributed by atoms with Crippen LogP contribution in [0.4, 0.5) is 5.82 Å². The van der Waals surface area contributed by atoms with Crippen LogP contribution in [0.3, 0.4) is 0 Å². The van der Waals surface area contributed by atoms with Gasteiger partial charge in [0.15, 0.2) is 0 Å². The highest BCUT2D eigenvalue weighted by Gasteiger charge is 2.18. The second-order valence-electron chi connectivity index (χ2n) is 3.42. The van der Waals surface area contributed by atoms with Crippen molar-refractivity contribution in [2.24, 2.45) is 5.92 Å². The number of hydrogen-bond donors (Lipinski definition) is 1. The van der Waals surface area contributed by atoms with Crippen LogP contribution >= 0.6 is 23.2 Å². The molecule has 78 valence electrons. The normalized spacial score (nSPS) is 15.1. The van der Waals surface area contributed by atoms with E-state index in [2.05, 4.69) is 18.8 Å². The number of anilines is 1. The van der Waals surface area contributed by atoms with Gasteiger partial charge in [-0.25, -0.2) is 4.98 Å². The molecule has 4 heteroatoms. The molecular formula is C10H14Cl2N2. The molecule has 0 spiro atoms. The summed E-state index contributed by atoms with van der Waals surface area (Å²) in [5, 5.41) is 0.453. The van der Waals surface area contributed by atoms with E-state index < -0.39 is 0 Å². The van der Waals surface area contributed by atoms with Crippen LogP contribution in [0, 0.1) is 5.92 Å². The van der Waals surface area contributed by atoms with E-state index in [1.54, 1.807) is 6.07 Å². The Morgan fingerprint density at radius 3 is 2.79 bits per heavy atom. The van der Waals surface area contributed by atoms with Gasteiger partial charge in [0.1, 0.15) is 5.82 Å². The van der Waals surface area contributed by atoms with Gasteiger partial charge in [-0.3, -0.25) is 0 Å². The topological polar surface area (TPSA) is 38.9 Å². The van der Waals surface area contributed by atoms with Crippen molar-refractivity contribution in [3.05, 3.63) is 22.8 Å². The molecule has 1 aromatic heterocycles. The lowest BCUT2D eigenvalue weighted by Gasteiger charge is -2.17. The number of hydrogen-bond acceptors (Lipinski definition) is 2. The quantitative estimate of drug-likeness (QED) is 0.809. The highest BCUT2D eigenvalue weighted by Crippen LogP contribution is 2.34. The number of nitrogens with two attached hydrogens (primary N) is 1. The molecule has 0 bridgehead atoms. The van der Waals surface area contributed by atoms with E-state index >= 15 is 0 Å². The smallest absolute Gasteiger partial charge is 0.128 e. The van der Waals surface area contributed by atoms with Gasteiger partial charge in [-0.15, -0.1) is 11.6 Å². The molecule has 0 radical (unpaired) electrons. The van der Waals surface area contributed by atoms with Gasteiger partial charge in [0.25, 0.3) is 0 Å². The Kier molecular flexibility index (Phi) is 4.02. The number of pyridine rings is 1. The molecule has 1 aromatic rings. The monoisotopic (exact) mass is 232 g/mol. The number of alkyl halides is 1. The second-order valence-corrected chi connectivity index (χ2v) is 4.32. The van der Waals surface area contributed by atoms with Crippen molar-refractivity contribution in [3.8, 4) is 0 Å². The van der Waals surface area contributed by atoms with Crippen LogP contribution in [-0.4, -0.2) is 4.98 Å². The van der Waals surface area contributed by atoms with Crippen LogP contribution < -0.4 is 5.73 Å². The maximum absolute atomic E-state index is 6.26. The molecule has 0 fully saturated rings. The van der Waals surface area contributed by atoms with Gasteiger partial charge in [-0.05, 0) is 12.0 Å². The standard InChI is InChI=1S/C10H14Cl2N2/c1-3-6(2)9(12)8-4-7(11)5-14-10(8)13/h4-6,9H,3H2,1-2H3,(H2,13,14). The molecule has 1 heterocycles. The third-order valence-electron chi connectivity index (χ3n) is 2.36. The average molecular weight is 233 g/mol. The van der Waals surface area contributed by atoms with E-state index in [9.17, 15) is 0 Å². The summed E-state index contributed by atoms with van der Waals surface area (Å²) in [7, 11) is 0. The largest absolute Gasteiger partial charge is 0.383 e. The molecule has 14 heavy (non-hydrogen) atoms. The molecule has 0 saturated heterocycles. The van der Waals surface area contributed by atoms with Gasteiger partial charge in [0.05, 0.1) is 10.4 Å². The van der Waals surface area contributed by atoms with Gasteiger partial charge in [-0.2, -0.15) is 0 Å². The van der Waals surface area contributed by atoms with Crippen LogP contribution in [0.15, 0.2) is 12.3 Å². The minimum absolute atomic E-state index is 0.119. The van der Waals surface area contributed by atoms with Crippen molar-refractivity contribution in [2.75, 3.05) is 5.73 Å². The summed E-state index contributed by atoms with van der Waals surface area (Å²) in [6, 6.07) is 1.79. The molecule has 0 aliphatic carbocycles. The molecule has 1 rings (SSSR count). The Morgan fingerprint density at radius 1 is 1.57 bits per heavy atom. The van der Waals surface area contributed by atoms with Crippen LogP contribution in [0.2, 0.25) is 5.02 Å². The Labute approximate surface area is 94.4 Å². The van der Waals surface area contributed by atoms with Crippen molar-refractivity contribution in [1.29, 1.82) is 0 Å². The Bertz CT molecular complexity index is 315. The first-order valence-electron chi connectivity index (χ1n) is 4.61. The molecule has 2 unspecified atom stereocenters. The fraction of sp³-hybridized carbons (Fsp3) is 0.500. The van der Waals surface area contributed by atoms with Crippen molar-refractivity contribution in [3.63, 3.8) is 0 Å². The minimum Gasteiger partial charge on any atom is -0.383 e. The third kappa shape index (κ3) is 2.52. The van der Waals surface area contributed by atoms with Gasteiger partial charge >= 0.3 is 0 Å². The number of halogens is 2. The molecule has 2 atom stereocenters. The molecule has 2 nitrogen and oxygen atoms in total. The first-order chi connectivity index (χ1) is 6.56. The van der Waals surface area contributed by atoms with E-state index in [1.165, 1.54) is 6.20 Å². The Morgan fingerprint density at radius 2 is 2.21 bits per heavy atom. The maximum Gasteiger partial charge on any atom is 0.128 e. The minimum atomic E-state index is -0.119. The second kappa shape index (κ2) is 4.85. The zero-order valence-electron chi connectivity index (χ0n) is 8.30. The van der Waals surface area contributed by atoms with Crippen LogP contribution in [0.25, 0.3) is 0 Å². The molecule has 0 aliphatic heterocycles. The van der Waals surface area contributed by atoms with Crippen molar-refractivity contribution in [2.45, 2.75) is 25.6 Å². The summed E-state index contributed by atoms with van der Waals surface area (Å²) in [6.45, 7) is 4.17. The summed E-state index contributed by atoms with van der Waals surface area (Å²) in [6.07, 6.45) is 2.53. The number of aromatic nitrogens is 1. The zero-order valence-corrected chi connectivity index (χ0v) is 9.81. The first-order valence-corrected chi connectivity index (χ1v) is 5.42. The lowest BCUT2D eigenvalue weighted by molar-refractivity contribution is 0.542. The third-order valence-corrected chi connectivity index (χ3v) is 3.23. The SMILES string of the molecule is CCC(C)C(Cl)c1cc(Cl)cnc1N. The van der Waals surface area contributed by atoms with Crippen LogP contribution in [0.1, 0.15) is 31.2 Å². The summed E-state index contributed by atoms with van der Waals surface area (Å²) in [5.74, 6) is 0.828. The highest BCUT2D eigenvalue weighted by atomic mass is 35.5. The van der Waals surface area contributed by atoms with Gasteiger partial charge in [0.2, 0.25) is 0 Å². The van der Waals surface area contributed by atoms with Gasteiger partial charge in [0, 0.05) is 11.8 Å². The number of rotatable bonds is 3. The molecule has 0 saturated carbocycles. The molecule has 0 aliphatic rings. The zero-order chi connectivity index (χ0) is 10.7. The lowest BCUT2D eigenvalue weighted by atomic mass is 9.99. The summed E-state index contributed by atoms with van der Waals surface area (Å²) in [5.41, 5.74) is 6.56. The van der Waals surface area contributed by atoms with E-state index in [-0.39, 0.29) is 5.38 Å². The van der Waals surface area contributed by atoms with Gasteiger partial charge in [-0.1, -0.05) is 31.9 Å². The van der Waals surface area contributed by atoms with Crippen molar-refractivity contribution >= 4 is 29.0 Å². The van der Waals surface area contributed by atoms with E-state index in [1.807, 2.05) is 0 Å². The summed E-state index contributed by atoms with van der Waals surface area (Å²) < 4.78 is 0. The Balaban J connectivity index is 2.99. The highest BCUT2D eigenvalue weighted by molar-refractivity contribution is 6.30. The molecule has 0 amide bonds. The first kappa shape index (κ1) is 11.6. The van der Waals surface area contributed by atoms with E-state index in [4.69, 9.17) is 28.9 Å². The predicted octanol–water partition coefficient (Wildman–Crippen LogP) is 3.64. The lowest BCUT2D eigenvalue weighted by Crippen LogP contribution is -2.06. The average Bonchev–Trinajstić information content (AvgIpc) is 2.19.